The molecule has 190 valence electrons. The molecule has 0 aliphatic heterocycles. The third-order valence-corrected chi connectivity index (χ3v) is 5.69. The number of nitrogens with zero attached hydrogens (tertiary/aromatic N) is 2. The molecule has 4 rings (SSSR count). The molecule has 3 aromatic carbocycles. The van der Waals surface area contributed by atoms with Crippen LogP contribution in [0.15, 0.2) is 83.3 Å². The predicted octanol–water partition coefficient (Wildman–Crippen LogP) is 6.17. The predicted molar refractivity (Wildman–Crippen MR) is 141 cm³/mol. The number of oxazole rings is 1. The van der Waals surface area contributed by atoms with Crippen LogP contribution in [0.3, 0.4) is 0 Å². The van der Waals surface area contributed by atoms with Crippen molar-refractivity contribution in [1.82, 2.24) is 9.88 Å². The lowest BCUT2D eigenvalue weighted by Gasteiger charge is -2.21. The molecular weight excluding hydrogens is 468 g/mol. The van der Waals surface area contributed by atoms with Gasteiger partial charge in [0.1, 0.15) is 23.0 Å². The monoisotopic (exact) mass is 498 g/mol. The minimum Gasteiger partial charge on any atom is -0.493 e. The van der Waals surface area contributed by atoms with E-state index in [-0.39, 0.29) is 18.9 Å². The molecule has 0 N–H and O–H groups in total. The Bertz CT molecular complexity index is 1350. The molecule has 1 amide bonds. The van der Waals surface area contributed by atoms with Gasteiger partial charge in [-0.15, -0.1) is 0 Å². The quantitative estimate of drug-likeness (QED) is 0.260. The van der Waals surface area contributed by atoms with E-state index in [1.165, 1.54) is 11.8 Å². The van der Waals surface area contributed by atoms with Crippen molar-refractivity contribution in [3.05, 3.63) is 101 Å². The summed E-state index contributed by atoms with van der Waals surface area (Å²) in [6, 6.07) is 24.4. The number of benzene rings is 3. The minimum absolute atomic E-state index is 0.0506. The van der Waals surface area contributed by atoms with Gasteiger partial charge in [-0.25, -0.2) is 9.78 Å². The fourth-order valence-electron chi connectivity index (χ4n) is 3.81. The lowest BCUT2D eigenvalue weighted by Crippen LogP contribution is -2.36. The van der Waals surface area contributed by atoms with Gasteiger partial charge in [0.15, 0.2) is 0 Å². The van der Waals surface area contributed by atoms with Crippen LogP contribution in [-0.2, 0) is 17.8 Å². The molecule has 37 heavy (non-hydrogen) atoms. The molecular formula is C30H30N2O5. The summed E-state index contributed by atoms with van der Waals surface area (Å²) in [4.78, 5) is 30.6. The van der Waals surface area contributed by atoms with Gasteiger partial charge in [-0.1, -0.05) is 48.0 Å². The number of aromatic nitrogens is 1. The molecule has 0 radical (unpaired) electrons. The van der Waals surface area contributed by atoms with E-state index in [0.29, 0.717) is 30.4 Å². The second-order valence-corrected chi connectivity index (χ2v) is 8.87. The zero-order valence-electron chi connectivity index (χ0n) is 21.3. The van der Waals surface area contributed by atoms with Gasteiger partial charge in [-0.2, -0.15) is 0 Å². The van der Waals surface area contributed by atoms with E-state index < -0.39 is 6.09 Å². The van der Waals surface area contributed by atoms with Crippen molar-refractivity contribution in [2.75, 3.05) is 13.2 Å². The maximum atomic E-state index is 12.8. The molecule has 0 saturated heterocycles. The van der Waals surface area contributed by atoms with Crippen LogP contribution < -0.4 is 9.47 Å². The summed E-state index contributed by atoms with van der Waals surface area (Å²) < 4.78 is 17.3. The summed E-state index contributed by atoms with van der Waals surface area (Å²) in [5, 5.41) is 0. The van der Waals surface area contributed by atoms with Gasteiger partial charge >= 0.3 is 6.09 Å². The van der Waals surface area contributed by atoms with Crippen LogP contribution in [0.1, 0.15) is 29.5 Å². The Labute approximate surface area is 216 Å². The van der Waals surface area contributed by atoms with Gasteiger partial charge < -0.3 is 13.9 Å². The van der Waals surface area contributed by atoms with Crippen molar-refractivity contribution >= 4 is 11.9 Å². The maximum Gasteiger partial charge on any atom is 0.415 e. The van der Waals surface area contributed by atoms with Gasteiger partial charge in [0.25, 0.3) is 0 Å². The standard InChI is InChI=1S/C30H30N2O5/c1-21-12-14-26(15-13-21)37-30(34)32(19-22(2)33)20-24-8-7-11-27(18-24)35-17-16-28-23(3)36-29(31-28)25-9-5-4-6-10-25/h4-15,18H,16-17,19-20H2,1-3H3. The summed E-state index contributed by atoms with van der Waals surface area (Å²) in [6.45, 7) is 5.87. The van der Waals surface area contributed by atoms with Gasteiger partial charge in [0, 0.05) is 18.5 Å². The van der Waals surface area contributed by atoms with Crippen LogP contribution in [0.5, 0.6) is 11.5 Å². The molecule has 0 unspecified atom stereocenters. The Balaban J connectivity index is 1.37. The van der Waals surface area contributed by atoms with E-state index >= 15 is 0 Å². The number of carbonyl (C=O) groups is 2. The third-order valence-electron chi connectivity index (χ3n) is 5.69. The zero-order valence-corrected chi connectivity index (χ0v) is 21.3. The number of ether oxygens (including phenoxy) is 2. The number of carbonyl (C=O) groups excluding carboxylic acids is 2. The number of hydrogen-bond acceptors (Lipinski definition) is 6. The van der Waals surface area contributed by atoms with Crippen molar-refractivity contribution in [3.63, 3.8) is 0 Å². The first-order chi connectivity index (χ1) is 17.9. The number of aryl methyl sites for hydroxylation is 2. The highest BCUT2D eigenvalue weighted by molar-refractivity contribution is 5.82. The molecule has 0 atom stereocenters. The molecule has 7 heteroatoms. The Morgan fingerprint density at radius 1 is 0.919 bits per heavy atom. The van der Waals surface area contributed by atoms with Crippen LogP contribution >= 0.6 is 0 Å². The Hall–Kier alpha value is -4.39. The van der Waals surface area contributed by atoms with Crippen molar-refractivity contribution in [2.24, 2.45) is 0 Å². The summed E-state index contributed by atoms with van der Waals surface area (Å²) in [5.74, 6) is 2.32. The highest BCUT2D eigenvalue weighted by Crippen LogP contribution is 2.22. The van der Waals surface area contributed by atoms with Crippen LogP contribution in [0.4, 0.5) is 4.79 Å². The normalized spacial score (nSPS) is 10.7. The van der Waals surface area contributed by atoms with E-state index in [0.717, 1.165) is 28.1 Å². The van der Waals surface area contributed by atoms with Crippen molar-refractivity contribution in [2.45, 2.75) is 33.7 Å². The maximum absolute atomic E-state index is 12.8. The van der Waals surface area contributed by atoms with Gasteiger partial charge in [-0.05, 0) is 62.7 Å². The van der Waals surface area contributed by atoms with Gasteiger partial charge in [-0.3, -0.25) is 9.69 Å². The number of Topliss-reactive ketones (excluding diaryl/α,β-unsaturated/α-hetero) is 1. The Morgan fingerprint density at radius 2 is 1.68 bits per heavy atom. The van der Waals surface area contributed by atoms with Crippen molar-refractivity contribution in [1.29, 1.82) is 0 Å². The van der Waals surface area contributed by atoms with Gasteiger partial charge in [0.05, 0.1) is 18.8 Å². The van der Waals surface area contributed by atoms with E-state index in [9.17, 15) is 9.59 Å². The van der Waals surface area contributed by atoms with E-state index in [1.807, 2.05) is 80.6 Å². The largest absolute Gasteiger partial charge is 0.493 e. The number of hydrogen-bond donors (Lipinski definition) is 0. The molecule has 0 bridgehead atoms. The van der Waals surface area contributed by atoms with Crippen molar-refractivity contribution < 1.29 is 23.5 Å². The highest BCUT2D eigenvalue weighted by Gasteiger charge is 2.19. The highest BCUT2D eigenvalue weighted by atomic mass is 16.6. The average Bonchev–Trinajstić information content (AvgIpc) is 3.26. The zero-order chi connectivity index (χ0) is 26.2. The molecule has 4 aromatic rings. The van der Waals surface area contributed by atoms with Crippen LogP contribution in [0.2, 0.25) is 0 Å². The lowest BCUT2D eigenvalue weighted by molar-refractivity contribution is -0.117. The molecule has 0 aliphatic carbocycles. The molecule has 0 saturated carbocycles. The average molecular weight is 499 g/mol. The second kappa shape index (κ2) is 12.0. The molecule has 0 aliphatic rings. The first-order valence-corrected chi connectivity index (χ1v) is 12.1. The van der Waals surface area contributed by atoms with Gasteiger partial charge in [0.2, 0.25) is 5.89 Å². The Morgan fingerprint density at radius 3 is 2.41 bits per heavy atom. The minimum atomic E-state index is -0.582. The fourth-order valence-corrected chi connectivity index (χ4v) is 3.81. The summed E-state index contributed by atoms with van der Waals surface area (Å²) >= 11 is 0. The summed E-state index contributed by atoms with van der Waals surface area (Å²) in [6.07, 6.45) is 0.00671. The first-order valence-electron chi connectivity index (χ1n) is 12.1. The van der Waals surface area contributed by atoms with Crippen LogP contribution in [0, 0.1) is 13.8 Å². The van der Waals surface area contributed by atoms with Crippen LogP contribution in [-0.4, -0.2) is 34.9 Å². The fraction of sp³-hybridized carbons (Fsp3) is 0.233. The number of ketones is 1. The Kier molecular flexibility index (Phi) is 8.36. The topological polar surface area (TPSA) is 81.9 Å². The molecule has 1 aromatic heterocycles. The summed E-state index contributed by atoms with van der Waals surface area (Å²) in [7, 11) is 0. The second-order valence-electron chi connectivity index (χ2n) is 8.87. The first kappa shape index (κ1) is 25.7. The summed E-state index contributed by atoms with van der Waals surface area (Å²) in [5.41, 5.74) is 3.67. The SMILES string of the molecule is CC(=O)CN(Cc1cccc(OCCc2nc(-c3ccccc3)oc2C)c1)C(=O)Oc1ccc(C)cc1. The molecule has 0 spiro atoms. The van der Waals surface area contributed by atoms with E-state index in [4.69, 9.17) is 13.9 Å². The number of amides is 1. The smallest absolute Gasteiger partial charge is 0.415 e. The molecule has 1 heterocycles. The molecule has 7 nitrogen and oxygen atoms in total. The van der Waals surface area contributed by atoms with E-state index in [2.05, 4.69) is 4.98 Å². The number of rotatable bonds is 10. The van der Waals surface area contributed by atoms with E-state index in [1.54, 1.807) is 12.1 Å². The third kappa shape index (κ3) is 7.30. The lowest BCUT2D eigenvalue weighted by atomic mass is 10.2. The van der Waals surface area contributed by atoms with Crippen molar-refractivity contribution in [3.8, 4) is 23.0 Å². The molecule has 0 fully saturated rings. The van der Waals surface area contributed by atoms with Crippen LogP contribution in [0.25, 0.3) is 11.5 Å².